The van der Waals surface area contributed by atoms with Crippen molar-refractivity contribution in [2.75, 3.05) is 9.80 Å². The molecule has 11 heteroatoms. The van der Waals surface area contributed by atoms with Crippen molar-refractivity contribution in [3.63, 3.8) is 0 Å². The Hall–Kier alpha value is -4.36. The lowest BCUT2D eigenvalue weighted by Gasteiger charge is -2.43. The maximum absolute atomic E-state index is 14.5. The molecule has 8 nitrogen and oxygen atoms in total. The smallest absolute Gasteiger partial charge is 0.252 e. The van der Waals surface area contributed by atoms with Crippen LogP contribution < -0.4 is 15.1 Å². The second-order valence-electron chi connectivity index (χ2n) is 10.2. The lowest BCUT2D eigenvalue weighted by atomic mass is 9.83. The third kappa shape index (κ3) is 4.27. The van der Waals surface area contributed by atoms with Gasteiger partial charge in [0.05, 0.1) is 11.6 Å². The molecule has 1 saturated carbocycles. The molecule has 1 N–H and O–H groups in total. The van der Waals surface area contributed by atoms with Gasteiger partial charge in [0, 0.05) is 53.7 Å². The molecule has 1 aromatic heterocycles. The first-order valence-corrected chi connectivity index (χ1v) is 13.1. The summed E-state index contributed by atoms with van der Waals surface area (Å²) >= 11 is 6.54. The van der Waals surface area contributed by atoms with Crippen molar-refractivity contribution in [2.45, 2.75) is 49.2 Å². The first-order chi connectivity index (χ1) is 19.2. The van der Waals surface area contributed by atoms with Gasteiger partial charge in [0.1, 0.15) is 17.9 Å². The molecule has 0 radical (unpaired) electrons. The van der Waals surface area contributed by atoms with E-state index in [1.807, 2.05) is 6.07 Å². The van der Waals surface area contributed by atoms with Crippen molar-refractivity contribution in [2.24, 2.45) is 0 Å². The zero-order valence-corrected chi connectivity index (χ0v) is 21.7. The van der Waals surface area contributed by atoms with Crippen LogP contribution in [0.5, 0.6) is 0 Å². The molecule has 3 aromatic rings. The SMILES string of the molecule is N#Cc1ccnc(N2C(=O)CC3c4ccccc4N(C(C(=O)NC4CC(F)(F)C4)c4ccccc4Cl)C(=O)C32)c1. The third-order valence-electron chi connectivity index (χ3n) is 7.67. The van der Waals surface area contributed by atoms with E-state index in [0.29, 0.717) is 16.8 Å². The highest BCUT2D eigenvalue weighted by atomic mass is 35.5. The van der Waals surface area contributed by atoms with Gasteiger partial charge in [-0.05, 0) is 29.8 Å². The summed E-state index contributed by atoms with van der Waals surface area (Å²) in [5.74, 6) is -4.78. The number of hydrogen-bond acceptors (Lipinski definition) is 5. The van der Waals surface area contributed by atoms with E-state index >= 15 is 0 Å². The van der Waals surface area contributed by atoms with Crippen LogP contribution in [0.1, 0.15) is 47.9 Å². The summed E-state index contributed by atoms with van der Waals surface area (Å²) in [6.07, 6.45) is 0.431. The molecule has 2 aliphatic heterocycles. The summed E-state index contributed by atoms with van der Waals surface area (Å²) in [6, 6.07) is 15.4. The van der Waals surface area contributed by atoms with Crippen molar-refractivity contribution in [3.05, 3.63) is 88.6 Å². The maximum atomic E-state index is 14.5. The van der Waals surface area contributed by atoms with Gasteiger partial charge in [-0.2, -0.15) is 5.26 Å². The van der Waals surface area contributed by atoms with Gasteiger partial charge < -0.3 is 5.32 Å². The Morgan fingerprint density at radius 2 is 1.85 bits per heavy atom. The number of pyridine rings is 1. The summed E-state index contributed by atoms with van der Waals surface area (Å²) in [4.78, 5) is 48.5. The van der Waals surface area contributed by atoms with Gasteiger partial charge in [0.25, 0.3) is 11.8 Å². The van der Waals surface area contributed by atoms with Crippen LogP contribution in [0.15, 0.2) is 66.9 Å². The van der Waals surface area contributed by atoms with Crippen LogP contribution in [-0.2, 0) is 14.4 Å². The van der Waals surface area contributed by atoms with Crippen LogP contribution >= 0.6 is 11.6 Å². The molecule has 2 fully saturated rings. The van der Waals surface area contributed by atoms with Crippen LogP contribution in [0.2, 0.25) is 5.02 Å². The van der Waals surface area contributed by atoms with E-state index in [0.717, 1.165) is 0 Å². The first kappa shape index (κ1) is 25.9. The number of alkyl halides is 2. The molecule has 3 unspecified atom stereocenters. The predicted molar refractivity (Wildman–Crippen MR) is 142 cm³/mol. The minimum absolute atomic E-state index is 0.0276. The van der Waals surface area contributed by atoms with Crippen molar-refractivity contribution in [1.82, 2.24) is 10.3 Å². The fourth-order valence-corrected chi connectivity index (χ4v) is 6.11. The molecular weight excluding hydrogens is 540 g/mol. The third-order valence-corrected chi connectivity index (χ3v) is 8.02. The predicted octanol–water partition coefficient (Wildman–Crippen LogP) is 4.50. The maximum Gasteiger partial charge on any atom is 0.252 e. The fraction of sp³-hybridized carbons (Fsp3) is 0.276. The van der Waals surface area contributed by atoms with Gasteiger partial charge in [0.15, 0.2) is 0 Å². The van der Waals surface area contributed by atoms with Gasteiger partial charge in [-0.3, -0.25) is 24.2 Å². The lowest BCUT2D eigenvalue weighted by molar-refractivity contribution is -0.133. The van der Waals surface area contributed by atoms with E-state index in [2.05, 4.69) is 10.3 Å². The Balaban J connectivity index is 1.47. The quantitative estimate of drug-likeness (QED) is 0.494. The second-order valence-corrected chi connectivity index (χ2v) is 10.6. The number of hydrogen-bond donors (Lipinski definition) is 1. The molecule has 0 bridgehead atoms. The topological polar surface area (TPSA) is 106 Å². The van der Waals surface area contributed by atoms with E-state index in [1.54, 1.807) is 48.5 Å². The normalized spacial score (nSPS) is 22.1. The molecule has 3 amide bonds. The number of nitrogens with zero attached hydrogens (tertiary/aromatic N) is 4. The van der Waals surface area contributed by atoms with Gasteiger partial charge in [-0.15, -0.1) is 0 Å². The summed E-state index contributed by atoms with van der Waals surface area (Å²) in [6.45, 7) is 0. The lowest BCUT2D eigenvalue weighted by Crippen LogP contribution is -2.58. The highest BCUT2D eigenvalue weighted by molar-refractivity contribution is 6.32. The van der Waals surface area contributed by atoms with Gasteiger partial charge >= 0.3 is 0 Å². The van der Waals surface area contributed by atoms with Crippen LogP contribution in [0.4, 0.5) is 20.3 Å². The number of rotatable bonds is 5. The van der Waals surface area contributed by atoms with Crippen LogP contribution in [0.3, 0.4) is 0 Å². The molecule has 3 aliphatic rings. The van der Waals surface area contributed by atoms with E-state index in [-0.39, 0.29) is 28.7 Å². The molecule has 3 heterocycles. The van der Waals surface area contributed by atoms with Gasteiger partial charge in [0.2, 0.25) is 11.8 Å². The first-order valence-electron chi connectivity index (χ1n) is 12.7. The number of benzene rings is 2. The monoisotopic (exact) mass is 561 g/mol. The molecule has 2 aromatic carbocycles. The van der Waals surface area contributed by atoms with E-state index < -0.39 is 54.6 Å². The summed E-state index contributed by atoms with van der Waals surface area (Å²) in [5.41, 5.74) is 1.70. The van der Waals surface area contributed by atoms with Crippen LogP contribution in [0, 0.1) is 11.3 Å². The zero-order chi connectivity index (χ0) is 28.2. The molecular formula is C29H22ClF2N5O3. The van der Waals surface area contributed by atoms with Crippen molar-refractivity contribution < 1.29 is 23.2 Å². The van der Waals surface area contributed by atoms with Gasteiger partial charge in [-0.1, -0.05) is 48.0 Å². The standard InChI is InChI=1S/C29H22ClF2N5O3/c30-21-7-3-1-6-19(21)25(27(39)35-17-13-29(31,32)14-17)36-22-8-4-2-5-18(22)20-12-24(38)37(26(20)28(36)40)23-11-16(15-33)9-10-34-23/h1-11,17,20,25-26H,12-14H2,(H,35,39). The van der Waals surface area contributed by atoms with E-state index in [4.69, 9.17) is 11.6 Å². The number of anilines is 2. The number of nitrogens with one attached hydrogen (secondary N) is 1. The van der Waals surface area contributed by atoms with Gasteiger partial charge in [-0.25, -0.2) is 13.8 Å². The Morgan fingerprint density at radius 1 is 1.12 bits per heavy atom. The zero-order valence-electron chi connectivity index (χ0n) is 20.9. The van der Waals surface area contributed by atoms with Crippen LogP contribution in [0.25, 0.3) is 0 Å². The van der Waals surface area contributed by atoms with E-state index in [9.17, 15) is 28.4 Å². The Labute approximate surface area is 233 Å². The molecule has 3 atom stereocenters. The van der Waals surface area contributed by atoms with Crippen molar-refractivity contribution in [3.8, 4) is 6.07 Å². The van der Waals surface area contributed by atoms with Crippen molar-refractivity contribution in [1.29, 1.82) is 5.26 Å². The number of amides is 3. The highest BCUT2D eigenvalue weighted by Crippen LogP contribution is 2.48. The fourth-order valence-electron chi connectivity index (χ4n) is 5.87. The average molecular weight is 562 g/mol. The summed E-state index contributed by atoms with van der Waals surface area (Å²) in [5, 5.41) is 12.3. The summed E-state index contributed by atoms with van der Waals surface area (Å²) < 4.78 is 27.2. The minimum Gasteiger partial charge on any atom is -0.351 e. The molecule has 1 saturated heterocycles. The highest BCUT2D eigenvalue weighted by Gasteiger charge is 2.54. The molecule has 0 spiro atoms. The Bertz CT molecular complexity index is 1580. The Kier molecular flexibility index (Phi) is 6.27. The number of para-hydroxylation sites is 1. The number of carbonyl (C=O) groups is 3. The number of halogens is 3. The van der Waals surface area contributed by atoms with Crippen LogP contribution in [-0.4, -0.2) is 40.7 Å². The number of fused-ring (bicyclic) bond motifs is 3. The average Bonchev–Trinajstić information content (AvgIpc) is 3.28. The molecule has 6 rings (SSSR count). The largest absolute Gasteiger partial charge is 0.351 e. The summed E-state index contributed by atoms with van der Waals surface area (Å²) in [7, 11) is 0. The number of aromatic nitrogens is 1. The second kappa shape index (κ2) is 9.68. The molecule has 202 valence electrons. The van der Waals surface area contributed by atoms with E-state index in [1.165, 1.54) is 28.1 Å². The molecule has 1 aliphatic carbocycles. The number of nitriles is 1. The number of carbonyl (C=O) groups excluding carboxylic acids is 3. The molecule has 40 heavy (non-hydrogen) atoms. The Morgan fingerprint density at radius 3 is 2.58 bits per heavy atom. The minimum atomic E-state index is -2.85. The van der Waals surface area contributed by atoms with Crippen molar-refractivity contribution >= 4 is 40.8 Å².